The van der Waals surface area contributed by atoms with E-state index in [1.165, 1.54) is 55.4 Å². The maximum absolute atomic E-state index is 5.76. The monoisotopic (exact) mass is 713 g/mol. The van der Waals surface area contributed by atoms with Crippen molar-refractivity contribution in [2.75, 3.05) is 0 Å². The third-order valence-electron chi connectivity index (χ3n) is 13.6. The molecule has 2 aromatic carbocycles. The molecule has 1 aromatic heterocycles. The van der Waals surface area contributed by atoms with Gasteiger partial charge in [-0.2, -0.15) is 0 Å². The molecular weight excluding hydrogens is 663 g/mol. The summed E-state index contributed by atoms with van der Waals surface area (Å²) in [6.07, 6.45) is 41.1. The molecule has 5 aliphatic carbocycles. The molecule has 0 spiro atoms. The lowest BCUT2D eigenvalue weighted by molar-refractivity contribution is 0.290. The minimum atomic E-state index is -0.286. The average Bonchev–Trinajstić information content (AvgIpc) is 3.63. The van der Waals surface area contributed by atoms with Crippen molar-refractivity contribution in [1.29, 1.82) is 0 Å². The number of nitrogens with zero attached hydrogens (tertiary/aromatic N) is 2. The fourth-order valence-electron chi connectivity index (χ4n) is 10.5. The van der Waals surface area contributed by atoms with E-state index in [0.29, 0.717) is 11.2 Å². The van der Waals surface area contributed by atoms with E-state index >= 15 is 0 Å². The zero-order chi connectivity index (χ0) is 36.2. The molecule has 10 rings (SSSR count). The molecule has 3 aromatic rings. The minimum absolute atomic E-state index is 0.0438. The second-order valence-corrected chi connectivity index (χ2v) is 19.2. The van der Waals surface area contributed by atoms with Crippen LogP contribution in [0.1, 0.15) is 89.7 Å². The van der Waals surface area contributed by atoms with Crippen LogP contribution in [0.15, 0.2) is 137 Å². The normalized spacial score (nSPS) is 35.5. The molecule has 7 unspecified atom stereocenters. The Hall–Kier alpha value is -4.12. The van der Waals surface area contributed by atoms with Crippen LogP contribution < -0.4 is 5.32 Å². The van der Waals surface area contributed by atoms with Crippen LogP contribution in [0.2, 0.25) is 0 Å². The summed E-state index contributed by atoms with van der Waals surface area (Å²) in [7, 11) is 0. The Kier molecular flexibility index (Phi) is 7.54. The van der Waals surface area contributed by atoms with E-state index in [0.717, 1.165) is 38.5 Å². The van der Waals surface area contributed by atoms with E-state index in [1.807, 2.05) is 0 Å². The summed E-state index contributed by atoms with van der Waals surface area (Å²) < 4.78 is 2.65. The van der Waals surface area contributed by atoms with Gasteiger partial charge in [-0.3, -0.25) is 5.32 Å². The molecule has 3 heterocycles. The molecule has 1 saturated heterocycles. The van der Waals surface area contributed by atoms with Gasteiger partial charge in [-0.1, -0.05) is 136 Å². The molecule has 0 amide bonds. The Labute approximate surface area is 319 Å². The summed E-state index contributed by atoms with van der Waals surface area (Å²) in [5.74, 6) is 0.489. The number of hydrogen-bond acceptors (Lipinski definition) is 3. The van der Waals surface area contributed by atoms with Crippen LogP contribution in [-0.2, 0) is 11.8 Å². The third kappa shape index (κ3) is 5.15. The first-order chi connectivity index (χ1) is 25.6. The topological polar surface area (TPSA) is 29.3 Å². The number of rotatable bonds is 4. The first-order valence-corrected chi connectivity index (χ1v) is 20.8. The van der Waals surface area contributed by atoms with E-state index in [4.69, 9.17) is 4.99 Å². The zero-order valence-electron chi connectivity index (χ0n) is 31.8. The quantitative estimate of drug-likeness (QED) is 0.292. The van der Waals surface area contributed by atoms with Gasteiger partial charge in [-0.25, -0.2) is 4.99 Å². The predicted octanol–water partition coefficient (Wildman–Crippen LogP) is 12.0. The van der Waals surface area contributed by atoms with E-state index in [9.17, 15) is 0 Å². The van der Waals surface area contributed by atoms with Gasteiger partial charge in [0.05, 0.1) is 11.0 Å². The summed E-state index contributed by atoms with van der Waals surface area (Å²) in [5.41, 5.74) is 12.0. The Balaban J connectivity index is 1.17. The van der Waals surface area contributed by atoms with Crippen LogP contribution in [0.3, 0.4) is 0 Å². The van der Waals surface area contributed by atoms with E-state index < -0.39 is 0 Å². The van der Waals surface area contributed by atoms with Gasteiger partial charge in [-0.15, -0.1) is 11.8 Å². The minimum Gasteiger partial charge on any atom is -0.305 e. The second kappa shape index (κ2) is 11.9. The number of aromatic nitrogens is 1. The number of fused-ring (bicyclic) bond motifs is 8. The van der Waals surface area contributed by atoms with Crippen molar-refractivity contribution >= 4 is 45.4 Å². The van der Waals surface area contributed by atoms with Crippen LogP contribution in [0.4, 0.5) is 0 Å². The van der Waals surface area contributed by atoms with Crippen LogP contribution >= 0.6 is 11.8 Å². The SMILES string of the molecule is CC1C=Cc2ccc3c4ccc(C5(C)C=CC=CC5)cc4n(C4N=C(C5=CCCC=C5)CC(C)(C5=CC=C6C(C)(C5)SC5C=CC=CC65C)N4)c3c2C1. The third-order valence-corrected chi connectivity index (χ3v) is 15.4. The smallest absolute Gasteiger partial charge is 0.181 e. The van der Waals surface area contributed by atoms with Crippen molar-refractivity contribution in [3.63, 3.8) is 0 Å². The molecule has 0 radical (unpaired) electrons. The first kappa shape index (κ1) is 33.4. The van der Waals surface area contributed by atoms with Crippen LogP contribution in [-0.4, -0.2) is 25.8 Å². The highest BCUT2D eigenvalue weighted by molar-refractivity contribution is 8.02. The molecule has 268 valence electrons. The van der Waals surface area contributed by atoms with Gasteiger partial charge in [0, 0.05) is 49.3 Å². The first-order valence-electron chi connectivity index (χ1n) is 19.9. The summed E-state index contributed by atoms with van der Waals surface area (Å²) in [6.45, 7) is 12.1. The van der Waals surface area contributed by atoms with Gasteiger partial charge in [0.15, 0.2) is 6.29 Å². The number of nitrogens with one attached hydrogen (secondary N) is 1. The molecule has 1 N–H and O–H groups in total. The van der Waals surface area contributed by atoms with Gasteiger partial charge in [0.25, 0.3) is 0 Å². The fraction of sp³-hybridized carbons (Fsp3) is 0.367. The number of hydrogen-bond donors (Lipinski definition) is 1. The molecule has 1 fully saturated rings. The lowest BCUT2D eigenvalue weighted by Gasteiger charge is -2.45. The molecule has 53 heavy (non-hydrogen) atoms. The highest BCUT2D eigenvalue weighted by atomic mass is 32.2. The maximum Gasteiger partial charge on any atom is 0.181 e. The molecule has 0 bridgehead atoms. The van der Waals surface area contributed by atoms with E-state index in [-0.39, 0.29) is 27.4 Å². The number of allylic oxidation sites excluding steroid dienone is 14. The van der Waals surface area contributed by atoms with Crippen LogP contribution in [0.25, 0.3) is 27.9 Å². The van der Waals surface area contributed by atoms with Gasteiger partial charge < -0.3 is 4.57 Å². The van der Waals surface area contributed by atoms with Crippen LogP contribution in [0, 0.1) is 11.3 Å². The zero-order valence-corrected chi connectivity index (χ0v) is 32.6. The molecule has 2 aliphatic heterocycles. The Morgan fingerprint density at radius 2 is 1.74 bits per heavy atom. The molecule has 3 nitrogen and oxygen atoms in total. The Morgan fingerprint density at radius 3 is 2.57 bits per heavy atom. The second-order valence-electron chi connectivity index (χ2n) is 17.6. The van der Waals surface area contributed by atoms with Crippen molar-refractivity contribution in [2.45, 2.75) is 100 Å². The number of aliphatic imine (C=N–C) groups is 1. The highest BCUT2D eigenvalue weighted by Gasteiger charge is 2.55. The Morgan fingerprint density at radius 1 is 0.868 bits per heavy atom. The molecule has 7 aliphatic rings. The average molecular weight is 714 g/mol. The van der Waals surface area contributed by atoms with Crippen molar-refractivity contribution in [1.82, 2.24) is 9.88 Å². The predicted molar refractivity (Wildman–Crippen MR) is 228 cm³/mol. The number of thioether (sulfide) groups is 1. The van der Waals surface area contributed by atoms with Gasteiger partial charge in [-0.05, 0) is 91.3 Å². The highest BCUT2D eigenvalue weighted by Crippen LogP contribution is 2.63. The van der Waals surface area contributed by atoms with Crippen molar-refractivity contribution in [3.05, 3.63) is 149 Å². The summed E-state index contributed by atoms with van der Waals surface area (Å²) >= 11 is 2.16. The van der Waals surface area contributed by atoms with E-state index in [2.05, 4.69) is 178 Å². The largest absolute Gasteiger partial charge is 0.305 e. The van der Waals surface area contributed by atoms with Gasteiger partial charge in [0.1, 0.15) is 0 Å². The van der Waals surface area contributed by atoms with Crippen molar-refractivity contribution in [2.24, 2.45) is 16.3 Å². The molecule has 4 heteroatoms. The molecule has 0 saturated carbocycles. The maximum atomic E-state index is 5.76. The molecular formula is C49H51N3S. The lowest BCUT2D eigenvalue weighted by Crippen LogP contribution is -2.53. The lowest BCUT2D eigenvalue weighted by atomic mass is 9.67. The summed E-state index contributed by atoms with van der Waals surface area (Å²) in [6, 6.07) is 12.0. The molecule has 7 atom stereocenters. The van der Waals surface area contributed by atoms with Gasteiger partial charge in [0.2, 0.25) is 0 Å². The van der Waals surface area contributed by atoms with Gasteiger partial charge >= 0.3 is 0 Å². The van der Waals surface area contributed by atoms with Crippen molar-refractivity contribution < 1.29 is 0 Å². The van der Waals surface area contributed by atoms with E-state index in [1.54, 1.807) is 5.57 Å². The fourth-order valence-corrected chi connectivity index (χ4v) is 12.4. The van der Waals surface area contributed by atoms with Crippen LogP contribution in [0.5, 0.6) is 0 Å². The standard InChI is InChI=1S/C49H51N3S/c1-32-17-18-33-19-22-38-37-23-20-35(46(2)25-11-7-12-26-46)29-41(37)52(44(38)39(33)28-32)45-50-40(34-14-8-6-9-15-34)31-48(4,51-45)36-21-24-42-47(3)27-13-10-16-43(47)53-49(42,5)30-36/h7-8,10-25,27,29,32,43,45,51H,6,9,26,28,30-31H2,1-5H3. The summed E-state index contributed by atoms with van der Waals surface area (Å²) in [5, 5.41) is 7.41. The van der Waals surface area contributed by atoms with Crippen molar-refractivity contribution in [3.8, 4) is 0 Å². The number of benzene rings is 2. The Bertz CT molecular complexity index is 2400. The summed E-state index contributed by atoms with van der Waals surface area (Å²) in [4.78, 5) is 5.76.